The number of halogens is 1. The standard InChI is InChI=1S/C17H24FN5O.C6H11N3/c1-10-6-11(2)8-13(7-10)24-9-12(3)20-16-22-14(17(4,5)18)21-15(19)23-16;1-2-3-4-9-5-7-8-6-9/h6-8,12H,9H2,1-5H3,(H3,19,20,21,22,23);5-6H,2-4H2,1H3. The van der Waals surface area contributed by atoms with E-state index >= 15 is 0 Å². The van der Waals surface area contributed by atoms with E-state index < -0.39 is 5.67 Å². The predicted octanol–water partition coefficient (Wildman–Crippen LogP) is 4.23. The minimum absolute atomic E-state index is 0.0000673. The molecule has 0 fully saturated rings. The molecule has 0 aliphatic carbocycles. The Labute approximate surface area is 195 Å². The summed E-state index contributed by atoms with van der Waals surface area (Å²) in [5.74, 6) is 1.03. The van der Waals surface area contributed by atoms with Gasteiger partial charge in [-0.2, -0.15) is 15.0 Å². The Kier molecular flexibility index (Phi) is 9.50. The lowest BCUT2D eigenvalue weighted by molar-refractivity contribution is 0.206. The number of alkyl halides is 1. The van der Waals surface area contributed by atoms with Crippen molar-refractivity contribution in [2.24, 2.45) is 0 Å². The van der Waals surface area contributed by atoms with Gasteiger partial charge >= 0.3 is 0 Å². The Hall–Kier alpha value is -3.30. The first-order valence-corrected chi connectivity index (χ1v) is 11.1. The van der Waals surface area contributed by atoms with Gasteiger partial charge in [0, 0.05) is 6.54 Å². The summed E-state index contributed by atoms with van der Waals surface area (Å²) in [6.45, 7) is 12.3. The van der Waals surface area contributed by atoms with E-state index in [1.165, 1.54) is 26.7 Å². The number of nitrogens with zero attached hydrogens (tertiary/aromatic N) is 6. The van der Waals surface area contributed by atoms with Gasteiger partial charge in [0.25, 0.3) is 0 Å². The third kappa shape index (κ3) is 9.38. The maximum atomic E-state index is 14.0. The molecule has 2 aromatic heterocycles. The molecule has 1 unspecified atom stereocenters. The minimum Gasteiger partial charge on any atom is -0.491 e. The van der Waals surface area contributed by atoms with Crippen molar-refractivity contribution in [1.82, 2.24) is 29.7 Å². The lowest BCUT2D eigenvalue weighted by Gasteiger charge is -2.18. The summed E-state index contributed by atoms with van der Waals surface area (Å²) < 4.78 is 21.8. The first-order chi connectivity index (χ1) is 15.6. The zero-order valence-electron chi connectivity index (χ0n) is 20.3. The van der Waals surface area contributed by atoms with E-state index in [9.17, 15) is 4.39 Å². The summed E-state index contributed by atoms with van der Waals surface area (Å²) in [6, 6.07) is 5.94. The lowest BCUT2D eigenvalue weighted by Crippen LogP contribution is -2.26. The van der Waals surface area contributed by atoms with Gasteiger partial charge in [-0.25, -0.2) is 4.39 Å². The van der Waals surface area contributed by atoms with Crippen LogP contribution in [0.4, 0.5) is 16.3 Å². The molecule has 3 rings (SSSR count). The molecule has 0 spiro atoms. The molecule has 10 heteroatoms. The molecule has 0 saturated carbocycles. The molecule has 33 heavy (non-hydrogen) atoms. The van der Waals surface area contributed by atoms with Crippen molar-refractivity contribution in [1.29, 1.82) is 0 Å². The molecule has 0 bridgehead atoms. The topological polar surface area (TPSA) is 117 Å². The van der Waals surface area contributed by atoms with E-state index in [0.717, 1.165) is 23.4 Å². The fourth-order valence-electron chi connectivity index (χ4n) is 2.90. The van der Waals surface area contributed by atoms with Gasteiger partial charge in [-0.3, -0.25) is 0 Å². The lowest BCUT2D eigenvalue weighted by atomic mass is 10.1. The quantitative estimate of drug-likeness (QED) is 0.489. The minimum atomic E-state index is -1.69. The van der Waals surface area contributed by atoms with E-state index in [4.69, 9.17) is 10.5 Å². The van der Waals surface area contributed by atoms with Crippen molar-refractivity contribution in [3.63, 3.8) is 0 Å². The number of ether oxygens (including phenoxy) is 1. The summed E-state index contributed by atoms with van der Waals surface area (Å²) in [7, 11) is 0. The zero-order chi connectivity index (χ0) is 24.4. The monoisotopic (exact) mass is 458 g/mol. The molecule has 0 aliphatic heterocycles. The van der Waals surface area contributed by atoms with Crippen molar-refractivity contribution in [2.75, 3.05) is 17.7 Å². The molecule has 0 amide bonds. The van der Waals surface area contributed by atoms with Crippen LogP contribution >= 0.6 is 0 Å². The Morgan fingerprint density at radius 2 is 1.73 bits per heavy atom. The van der Waals surface area contributed by atoms with Gasteiger partial charge in [0.1, 0.15) is 25.0 Å². The maximum Gasteiger partial charge on any atom is 0.228 e. The number of rotatable bonds is 9. The van der Waals surface area contributed by atoms with Gasteiger partial charge in [-0.05, 0) is 64.3 Å². The highest BCUT2D eigenvalue weighted by atomic mass is 19.1. The molecule has 0 radical (unpaired) electrons. The van der Waals surface area contributed by atoms with E-state index in [-0.39, 0.29) is 23.8 Å². The van der Waals surface area contributed by atoms with Crippen LogP contribution in [0.2, 0.25) is 0 Å². The first-order valence-electron chi connectivity index (χ1n) is 11.1. The van der Waals surface area contributed by atoms with Crippen molar-refractivity contribution < 1.29 is 9.13 Å². The summed E-state index contributed by atoms with van der Waals surface area (Å²) in [5, 5.41) is 10.4. The van der Waals surface area contributed by atoms with Crippen molar-refractivity contribution in [3.05, 3.63) is 47.8 Å². The second kappa shape index (κ2) is 12.1. The Bertz CT molecular complexity index is 968. The molecule has 9 nitrogen and oxygen atoms in total. The number of unbranched alkanes of at least 4 members (excludes halogenated alkanes) is 1. The summed E-state index contributed by atoms with van der Waals surface area (Å²) in [6.07, 6.45) is 5.92. The molecular weight excluding hydrogens is 423 g/mol. The highest BCUT2D eigenvalue weighted by Crippen LogP contribution is 2.22. The number of aryl methyl sites for hydroxylation is 3. The number of benzene rings is 1. The van der Waals surface area contributed by atoms with E-state index in [1.807, 2.05) is 37.5 Å². The Morgan fingerprint density at radius 3 is 2.30 bits per heavy atom. The van der Waals surface area contributed by atoms with Crippen LogP contribution in [0.15, 0.2) is 30.9 Å². The van der Waals surface area contributed by atoms with Gasteiger partial charge in [0.15, 0.2) is 11.5 Å². The van der Waals surface area contributed by atoms with E-state index in [2.05, 4.69) is 43.5 Å². The first kappa shape index (κ1) is 26.0. The molecule has 1 atom stereocenters. The number of hydrogen-bond donors (Lipinski definition) is 2. The molecule has 0 aliphatic rings. The normalized spacial score (nSPS) is 12.0. The van der Waals surface area contributed by atoms with Crippen LogP contribution in [0, 0.1) is 13.8 Å². The van der Waals surface area contributed by atoms with Gasteiger partial charge in [-0.1, -0.05) is 19.4 Å². The highest BCUT2D eigenvalue weighted by Gasteiger charge is 2.24. The van der Waals surface area contributed by atoms with Crippen LogP contribution in [-0.4, -0.2) is 42.4 Å². The summed E-state index contributed by atoms with van der Waals surface area (Å²) in [4.78, 5) is 11.9. The second-order valence-corrected chi connectivity index (χ2v) is 8.55. The van der Waals surface area contributed by atoms with E-state index in [0.29, 0.717) is 6.61 Å². The average Bonchev–Trinajstić information content (AvgIpc) is 3.23. The number of nitrogens with one attached hydrogen (secondary N) is 1. The molecular formula is C23H35FN8O. The third-order valence-corrected chi connectivity index (χ3v) is 4.49. The van der Waals surface area contributed by atoms with Crippen molar-refractivity contribution in [3.8, 4) is 5.75 Å². The SMILES string of the molecule is CCCCn1cnnc1.Cc1cc(C)cc(OCC(C)Nc2nc(N)nc(C(C)(C)F)n2)c1. The summed E-state index contributed by atoms with van der Waals surface area (Å²) >= 11 is 0. The number of aromatic nitrogens is 6. The maximum absolute atomic E-state index is 14.0. The fourth-order valence-corrected chi connectivity index (χ4v) is 2.90. The molecule has 1 aromatic carbocycles. The summed E-state index contributed by atoms with van der Waals surface area (Å²) in [5.41, 5.74) is 6.23. The number of anilines is 2. The molecule has 2 heterocycles. The number of nitrogen functional groups attached to an aromatic ring is 1. The van der Waals surface area contributed by atoms with E-state index in [1.54, 1.807) is 12.7 Å². The van der Waals surface area contributed by atoms with Crippen LogP contribution in [0.5, 0.6) is 5.75 Å². The van der Waals surface area contributed by atoms with Gasteiger partial charge in [-0.15, -0.1) is 10.2 Å². The Morgan fingerprint density at radius 1 is 1.09 bits per heavy atom. The van der Waals surface area contributed by atoms with Gasteiger partial charge in [0.2, 0.25) is 11.9 Å². The largest absolute Gasteiger partial charge is 0.491 e. The number of hydrogen-bond acceptors (Lipinski definition) is 8. The van der Waals surface area contributed by atoms with Gasteiger partial charge < -0.3 is 20.4 Å². The van der Waals surface area contributed by atoms with Crippen molar-refractivity contribution in [2.45, 2.75) is 72.6 Å². The second-order valence-electron chi connectivity index (χ2n) is 8.55. The van der Waals surface area contributed by atoms with Crippen molar-refractivity contribution >= 4 is 11.9 Å². The zero-order valence-corrected chi connectivity index (χ0v) is 20.3. The molecule has 0 saturated heterocycles. The molecule has 3 N–H and O–H groups in total. The fraction of sp³-hybridized carbons (Fsp3) is 0.522. The Balaban J connectivity index is 0.000000357. The van der Waals surface area contributed by atoms with Crippen LogP contribution in [-0.2, 0) is 12.2 Å². The number of nitrogens with two attached hydrogens (primary N) is 1. The van der Waals surface area contributed by atoms with Crippen LogP contribution in [0.3, 0.4) is 0 Å². The molecule has 3 aromatic rings. The van der Waals surface area contributed by atoms with Crippen LogP contribution in [0.25, 0.3) is 0 Å². The predicted molar refractivity (Wildman–Crippen MR) is 128 cm³/mol. The van der Waals surface area contributed by atoms with Gasteiger partial charge in [0.05, 0.1) is 6.04 Å². The molecule has 180 valence electrons. The highest BCUT2D eigenvalue weighted by molar-refractivity contribution is 5.34. The smallest absolute Gasteiger partial charge is 0.228 e. The average molecular weight is 459 g/mol. The van der Waals surface area contributed by atoms with Crippen LogP contribution < -0.4 is 15.8 Å². The third-order valence-electron chi connectivity index (χ3n) is 4.49. The van der Waals surface area contributed by atoms with Crippen LogP contribution in [0.1, 0.15) is 57.5 Å².